The largest absolute Gasteiger partial charge is 0.383 e. The van der Waals surface area contributed by atoms with Crippen LogP contribution in [0.2, 0.25) is 0 Å². The van der Waals surface area contributed by atoms with Crippen molar-refractivity contribution >= 4 is 17.6 Å². The van der Waals surface area contributed by atoms with Crippen molar-refractivity contribution in [3.05, 3.63) is 17.1 Å². The van der Waals surface area contributed by atoms with Crippen LogP contribution in [-0.2, 0) is 6.54 Å². The second-order valence-corrected chi connectivity index (χ2v) is 4.03. The minimum atomic E-state index is -0.443. The molecule has 1 aromatic heterocycles. The minimum absolute atomic E-state index is 0.0111. The van der Waals surface area contributed by atoms with E-state index in [2.05, 4.69) is 9.97 Å². The Morgan fingerprint density at radius 2 is 1.88 bits per heavy atom. The smallest absolute Gasteiger partial charge is 0.280 e. The van der Waals surface area contributed by atoms with Gasteiger partial charge >= 0.3 is 0 Å². The van der Waals surface area contributed by atoms with Crippen LogP contribution in [0.15, 0.2) is 0 Å². The number of carbonyl (C=O) groups is 2. The maximum absolute atomic E-state index is 12.0. The molecule has 7 nitrogen and oxygen atoms in total. The molecular formula is C10H13N5O2. The van der Waals surface area contributed by atoms with Crippen molar-refractivity contribution in [1.82, 2.24) is 14.9 Å². The summed E-state index contributed by atoms with van der Waals surface area (Å²) in [5, 5.41) is 0. The summed E-state index contributed by atoms with van der Waals surface area (Å²) >= 11 is 0. The van der Waals surface area contributed by atoms with Gasteiger partial charge in [-0.05, 0) is 13.8 Å². The third-order valence-electron chi connectivity index (χ3n) is 2.54. The van der Waals surface area contributed by atoms with Gasteiger partial charge < -0.3 is 11.5 Å². The van der Waals surface area contributed by atoms with Gasteiger partial charge in [-0.2, -0.15) is 0 Å². The summed E-state index contributed by atoms with van der Waals surface area (Å²) in [6.07, 6.45) is 0. The molecule has 0 saturated heterocycles. The Balaban J connectivity index is 2.61. The van der Waals surface area contributed by atoms with Crippen molar-refractivity contribution < 1.29 is 9.59 Å². The summed E-state index contributed by atoms with van der Waals surface area (Å²) in [4.78, 5) is 32.9. The highest BCUT2D eigenvalue weighted by Gasteiger charge is 2.40. The molecule has 0 aromatic carbocycles. The molecule has 0 fully saturated rings. The van der Waals surface area contributed by atoms with Gasteiger partial charge in [-0.1, -0.05) is 0 Å². The fourth-order valence-corrected chi connectivity index (χ4v) is 1.78. The quantitative estimate of drug-likeness (QED) is 0.669. The first-order valence-electron chi connectivity index (χ1n) is 5.21. The number of hydrogen-bond acceptors (Lipinski definition) is 6. The predicted molar refractivity (Wildman–Crippen MR) is 60.0 cm³/mol. The Bertz CT molecular complexity index is 512. The first-order valence-corrected chi connectivity index (χ1v) is 5.21. The van der Waals surface area contributed by atoms with Crippen molar-refractivity contribution in [3.8, 4) is 0 Å². The van der Waals surface area contributed by atoms with Crippen LogP contribution in [0.4, 0.5) is 5.82 Å². The van der Waals surface area contributed by atoms with Gasteiger partial charge in [-0.15, -0.1) is 0 Å². The van der Waals surface area contributed by atoms with E-state index in [-0.39, 0.29) is 35.5 Å². The SMILES string of the molecule is CC(C)N1C(=O)c2nc(CN)nc(N)c2C1=O. The second kappa shape index (κ2) is 3.77. The Morgan fingerprint density at radius 3 is 2.41 bits per heavy atom. The molecule has 2 amide bonds. The van der Waals surface area contributed by atoms with Crippen molar-refractivity contribution in [2.45, 2.75) is 26.4 Å². The highest BCUT2D eigenvalue weighted by molar-refractivity contribution is 6.22. The number of carbonyl (C=O) groups excluding carboxylic acids is 2. The number of anilines is 1. The van der Waals surface area contributed by atoms with Gasteiger partial charge in [0.15, 0.2) is 0 Å². The van der Waals surface area contributed by atoms with Gasteiger partial charge in [-0.25, -0.2) is 9.97 Å². The molecule has 0 aliphatic carbocycles. The standard InChI is InChI=1S/C10H13N5O2/c1-4(2)15-9(16)6-7(10(15)17)13-5(3-11)14-8(6)12/h4H,3,11H2,1-2H3,(H2,12,13,14). The fourth-order valence-electron chi connectivity index (χ4n) is 1.78. The van der Waals surface area contributed by atoms with Crippen molar-refractivity contribution in [2.24, 2.45) is 5.73 Å². The van der Waals surface area contributed by atoms with Gasteiger partial charge in [0.05, 0.1) is 6.54 Å². The number of nitrogen functional groups attached to an aromatic ring is 1. The monoisotopic (exact) mass is 235 g/mol. The molecular weight excluding hydrogens is 222 g/mol. The van der Waals surface area contributed by atoms with Crippen LogP contribution in [0, 0.1) is 0 Å². The zero-order valence-electron chi connectivity index (χ0n) is 9.60. The lowest BCUT2D eigenvalue weighted by Crippen LogP contribution is -2.36. The lowest BCUT2D eigenvalue weighted by Gasteiger charge is -2.17. The second-order valence-electron chi connectivity index (χ2n) is 4.03. The molecule has 1 aromatic rings. The molecule has 90 valence electrons. The summed E-state index contributed by atoms with van der Waals surface area (Å²) in [5.74, 6) is -0.616. The Morgan fingerprint density at radius 1 is 1.24 bits per heavy atom. The number of fused-ring (bicyclic) bond motifs is 1. The fraction of sp³-hybridized carbons (Fsp3) is 0.400. The Labute approximate surface area is 97.8 Å². The highest BCUT2D eigenvalue weighted by Crippen LogP contribution is 2.26. The van der Waals surface area contributed by atoms with Crippen molar-refractivity contribution in [3.63, 3.8) is 0 Å². The molecule has 0 atom stereocenters. The van der Waals surface area contributed by atoms with Gasteiger partial charge in [0, 0.05) is 6.04 Å². The van der Waals surface area contributed by atoms with Crippen LogP contribution in [0.25, 0.3) is 0 Å². The van der Waals surface area contributed by atoms with Crippen molar-refractivity contribution in [2.75, 3.05) is 5.73 Å². The van der Waals surface area contributed by atoms with E-state index >= 15 is 0 Å². The van der Waals surface area contributed by atoms with Gasteiger partial charge in [0.1, 0.15) is 22.9 Å². The predicted octanol–water partition coefficient (Wildman–Crippen LogP) is -0.478. The first-order chi connectivity index (χ1) is 7.97. The number of amides is 2. The van der Waals surface area contributed by atoms with Crippen LogP contribution < -0.4 is 11.5 Å². The van der Waals surface area contributed by atoms with Gasteiger partial charge in [0.25, 0.3) is 11.8 Å². The van der Waals surface area contributed by atoms with E-state index in [0.29, 0.717) is 0 Å². The molecule has 17 heavy (non-hydrogen) atoms. The molecule has 1 aliphatic heterocycles. The normalized spacial score (nSPS) is 14.7. The third kappa shape index (κ3) is 1.55. The van der Waals surface area contributed by atoms with Crippen LogP contribution in [0.1, 0.15) is 40.5 Å². The molecule has 0 bridgehead atoms. The minimum Gasteiger partial charge on any atom is -0.383 e. The van der Waals surface area contributed by atoms with Crippen LogP contribution in [-0.4, -0.2) is 32.7 Å². The Hall–Kier alpha value is -2.02. The van der Waals surface area contributed by atoms with E-state index in [1.54, 1.807) is 13.8 Å². The molecule has 0 saturated carbocycles. The number of aromatic nitrogens is 2. The lowest BCUT2D eigenvalue weighted by molar-refractivity contribution is 0.0607. The summed E-state index contributed by atoms with van der Waals surface area (Å²) in [6.45, 7) is 3.56. The van der Waals surface area contributed by atoms with Gasteiger partial charge in [0.2, 0.25) is 0 Å². The maximum atomic E-state index is 12.0. The van der Waals surface area contributed by atoms with E-state index in [9.17, 15) is 9.59 Å². The van der Waals surface area contributed by atoms with Crippen molar-refractivity contribution in [1.29, 1.82) is 0 Å². The number of nitrogens with zero attached hydrogens (tertiary/aromatic N) is 3. The number of rotatable bonds is 2. The number of imide groups is 1. The van der Waals surface area contributed by atoms with E-state index in [0.717, 1.165) is 4.90 Å². The average Bonchev–Trinajstić information content (AvgIpc) is 2.51. The van der Waals surface area contributed by atoms with Crippen LogP contribution >= 0.6 is 0 Å². The zero-order chi connectivity index (χ0) is 12.7. The topological polar surface area (TPSA) is 115 Å². The third-order valence-corrected chi connectivity index (χ3v) is 2.54. The molecule has 4 N–H and O–H groups in total. The lowest BCUT2D eigenvalue weighted by atomic mass is 10.2. The average molecular weight is 235 g/mol. The molecule has 2 rings (SSSR count). The van der Waals surface area contributed by atoms with E-state index in [1.165, 1.54) is 0 Å². The molecule has 2 heterocycles. The van der Waals surface area contributed by atoms with Crippen LogP contribution in [0.5, 0.6) is 0 Å². The molecule has 0 unspecified atom stereocenters. The van der Waals surface area contributed by atoms with E-state index < -0.39 is 11.8 Å². The van der Waals surface area contributed by atoms with E-state index in [4.69, 9.17) is 11.5 Å². The van der Waals surface area contributed by atoms with E-state index in [1.807, 2.05) is 0 Å². The molecule has 0 spiro atoms. The summed E-state index contributed by atoms with van der Waals surface area (Å²) < 4.78 is 0. The summed E-state index contributed by atoms with van der Waals surface area (Å²) in [7, 11) is 0. The summed E-state index contributed by atoms with van der Waals surface area (Å²) in [6, 6.07) is -0.245. The molecule has 0 radical (unpaired) electrons. The molecule has 1 aliphatic rings. The maximum Gasteiger partial charge on any atom is 0.280 e. The summed E-state index contributed by atoms with van der Waals surface area (Å²) in [5.41, 5.74) is 11.2. The van der Waals surface area contributed by atoms with Crippen LogP contribution in [0.3, 0.4) is 0 Å². The Kier molecular flexibility index (Phi) is 2.55. The molecule has 7 heteroatoms. The number of hydrogen-bond donors (Lipinski definition) is 2. The highest BCUT2D eigenvalue weighted by atomic mass is 16.2. The number of nitrogens with two attached hydrogens (primary N) is 2. The van der Waals surface area contributed by atoms with Gasteiger partial charge in [-0.3, -0.25) is 14.5 Å². The zero-order valence-corrected chi connectivity index (χ0v) is 9.60. The first kappa shape index (κ1) is 11.5.